The lowest BCUT2D eigenvalue weighted by Gasteiger charge is -2.72. The maximum absolute atomic E-state index is 12.9. The molecule has 0 aliphatic heterocycles. The number of hydroxylamine groups is 1. The minimum Gasteiger partial charge on any atom is -0.401 e. The van der Waals surface area contributed by atoms with E-state index in [1.54, 1.807) is 0 Å². The number of nitrogens with one attached hydrogen (secondary N) is 2. The molecule has 0 aromatic rings. The van der Waals surface area contributed by atoms with Gasteiger partial charge in [0.15, 0.2) is 0 Å². The van der Waals surface area contributed by atoms with E-state index in [-0.39, 0.29) is 33.0 Å². The van der Waals surface area contributed by atoms with E-state index >= 15 is 0 Å². The van der Waals surface area contributed by atoms with E-state index in [9.17, 15) is 10.0 Å². The fourth-order valence-corrected chi connectivity index (χ4v) is 11.1. The van der Waals surface area contributed by atoms with Crippen molar-refractivity contribution in [2.45, 2.75) is 98.8 Å². The van der Waals surface area contributed by atoms with Crippen LogP contribution in [-0.4, -0.2) is 17.3 Å². The van der Waals surface area contributed by atoms with E-state index in [1.165, 1.54) is 31.9 Å². The Kier molecular flexibility index (Phi) is 5.02. The number of hydrogen-bond acceptors (Lipinski definition) is 4. The van der Waals surface area contributed by atoms with Crippen LogP contribution in [0.4, 0.5) is 0 Å². The lowest BCUT2D eigenvalue weighted by Crippen LogP contribution is -2.66. The van der Waals surface area contributed by atoms with Crippen LogP contribution in [0.15, 0.2) is 11.3 Å². The van der Waals surface area contributed by atoms with Gasteiger partial charge in [-0.25, -0.2) is 5.48 Å². The van der Waals surface area contributed by atoms with Crippen molar-refractivity contribution in [2.75, 3.05) is 0 Å². The van der Waals surface area contributed by atoms with Crippen LogP contribution in [0.25, 0.3) is 0 Å². The van der Waals surface area contributed by atoms with Crippen molar-refractivity contribution in [1.29, 1.82) is 5.41 Å². The Balaban J connectivity index is 1.56. The molecule has 4 saturated carbocycles. The highest BCUT2D eigenvalue weighted by molar-refractivity contribution is 5.82. The average Bonchev–Trinajstić information content (AvgIpc) is 3.21. The van der Waals surface area contributed by atoms with Gasteiger partial charge in [-0.05, 0) is 103 Å². The molecule has 5 N–H and O–H groups in total. The summed E-state index contributed by atoms with van der Waals surface area (Å²) in [6.45, 7) is 12.3. The standard InChI is InChI=1S/C28H45N3O2/c1-24(2)20-10-12-27(5)21(25(20,3)15-17(16-29)22(24)30)9-8-18-19-7-6-11-28(19,23(32)31-33)14-13-26(18,27)4/h16,18-21,29,33H,6-15,30H2,1-5H3,(H,31,32)/t18?,19?,20?,21?,25?,26-,27?,28?/m1/s1. The van der Waals surface area contributed by atoms with Gasteiger partial charge in [0, 0.05) is 17.3 Å². The Bertz CT molecular complexity index is 911. The molecule has 1 amide bonds. The molecule has 5 heteroatoms. The third-order valence-electron chi connectivity index (χ3n) is 12.8. The minimum absolute atomic E-state index is 0.0780. The number of nitrogens with two attached hydrogens (primary N) is 1. The van der Waals surface area contributed by atoms with Gasteiger partial charge in [-0.1, -0.05) is 41.0 Å². The third kappa shape index (κ3) is 2.64. The summed E-state index contributed by atoms with van der Waals surface area (Å²) in [5.74, 6) is 1.96. The van der Waals surface area contributed by atoms with Crippen LogP contribution in [-0.2, 0) is 4.79 Å². The van der Waals surface area contributed by atoms with Crippen LogP contribution in [0.1, 0.15) is 98.8 Å². The summed E-state index contributed by atoms with van der Waals surface area (Å²) in [5, 5.41) is 17.7. The maximum atomic E-state index is 12.9. The second kappa shape index (κ2) is 7.08. The number of carbonyl (C=O) groups is 1. The largest absolute Gasteiger partial charge is 0.401 e. The second-order valence-electron chi connectivity index (χ2n) is 13.7. The molecule has 7 unspecified atom stereocenters. The Morgan fingerprint density at radius 3 is 2.36 bits per heavy atom. The number of fused-ring (bicyclic) bond motifs is 7. The normalized spacial score (nSPS) is 50.5. The molecule has 0 radical (unpaired) electrons. The summed E-state index contributed by atoms with van der Waals surface area (Å²) >= 11 is 0. The van der Waals surface area contributed by atoms with Gasteiger partial charge in [0.05, 0.1) is 5.41 Å². The van der Waals surface area contributed by atoms with E-state index in [1.807, 2.05) is 0 Å². The molecular weight excluding hydrogens is 410 g/mol. The predicted octanol–water partition coefficient (Wildman–Crippen LogP) is 5.82. The quantitative estimate of drug-likeness (QED) is 0.240. The van der Waals surface area contributed by atoms with E-state index in [2.05, 4.69) is 40.1 Å². The van der Waals surface area contributed by atoms with Crippen LogP contribution in [0.3, 0.4) is 0 Å². The highest BCUT2D eigenvalue weighted by Gasteiger charge is 2.70. The van der Waals surface area contributed by atoms with Gasteiger partial charge < -0.3 is 11.1 Å². The number of allylic oxidation sites excluding steroid dienone is 2. The van der Waals surface area contributed by atoms with Gasteiger partial charge >= 0.3 is 0 Å². The molecule has 0 bridgehead atoms. The zero-order valence-corrected chi connectivity index (χ0v) is 21.4. The van der Waals surface area contributed by atoms with Crippen molar-refractivity contribution in [3.8, 4) is 0 Å². The SMILES string of the molecule is CC1(C)C(N)=C(C=N)CC2(C)C1CCC1(C)C2CCC2C3CCCC3(C(=O)NO)CC[C@]21C. The number of rotatable bonds is 2. The first kappa shape index (κ1) is 23.4. The first-order valence-electron chi connectivity index (χ1n) is 13.4. The first-order chi connectivity index (χ1) is 15.4. The molecular formula is C28H45N3O2. The molecule has 0 aromatic heterocycles. The maximum Gasteiger partial charge on any atom is 0.249 e. The van der Waals surface area contributed by atoms with Crippen LogP contribution in [0, 0.1) is 56.2 Å². The van der Waals surface area contributed by atoms with Crippen molar-refractivity contribution in [2.24, 2.45) is 56.5 Å². The molecule has 33 heavy (non-hydrogen) atoms. The van der Waals surface area contributed by atoms with Gasteiger partial charge in [0.2, 0.25) is 5.91 Å². The van der Waals surface area contributed by atoms with E-state index in [4.69, 9.17) is 11.1 Å². The summed E-state index contributed by atoms with van der Waals surface area (Å²) < 4.78 is 0. The Morgan fingerprint density at radius 1 is 0.970 bits per heavy atom. The van der Waals surface area contributed by atoms with Crippen molar-refractivity contribution in [3.05, 3.63) is 11.3 Å². The minimum atomic E-state index is -0.361. The second-order valence-corrected chi connectivity index (χ2v) is 13.7. The smallest absolute Gasteiger partial charge is 0.249 e. The highest BCUT2D eigenvalue weighted by atomic mass is 16.5. The van der Waals surface area contributed by atoms with Gasteiger partial charge in [-0.15, -0.1) is 0 Å². The molecule has 0 spiro atoms. The molecule has 4 fully saturated rings. The topological polar surface area (TPSA) is 99.2 Å². The van der Waals surface area contributed by atoms with Crippen molar-refractivity contribution < 1.29 is 10.0 Å². The van der Waals surface area contributed by atoms with Crippen molar-refractivity contribution in [1.82, 2.24) is 5.48 Å². The molecule has 0 aromatic carbocycles. The molecule has 0 saturated heterocycles. The van der Waals surface area contributed by atoms with Crippen molar-refractivity contribution >= 4 is 12.1 Å². The Labute approximate surface area is 199 Å². The van der Waals surface area contributed by atoms with Crippen molar-refractivity contribution in [3.63, 3.8) is 0 Å². The zero-order valence-electron chi connectivity index (χ0n) is 21.4. The lowest BCUT2D eigenvalue weighted by atomic mass is 9.32. The molecule has 0 heterocycles. The van der Waals surface area contributed by atoms with Crippen LogP contribution < -0.4 is 11.2 Å². The zero-order chi connectivity index (χ0) is 24.0. The van der Waals surface area contributed by atoms with E-state index in [0.29, 0.717) is 23.7 Å². The Hall–Kier alpha value is -1.36. The molecule has 5 nitrogen and oxygen atoms in total. The summed E-state index contributed by atoms with van der Waals surface area (Å²) in [5.41, 5.74) is 10.8. The number of hydrogen-bond donors (Lipinski definition) is 4. The van der Waals surface area contributed by atoms with Crippen LogP contribution in [0.5, 0.6) is 0 Å². The van der Waals surface area contributed by atoms with E-state index < -0.39 is 0 Å². The molecule has 5 aliphatic rings. The fraction of sp³-hybridized carbons (Fsp3) is 0.857. The molecule has 184 valence electrons. The van der Waals surface area contributed by atoms with Gasteiger partial charge in [-0.2, -0.15) is 0 Å². The lowest BCUT2D eigenvalue weighted by molar-refractivity contribution is -0.225. The summed E-state index contributed by atoms with van der Waals surface area (Å²) in [7, 11) is 0. The van der Waals surface area contributed by atoms with E-state index in [0.717, 1.165) is 49.8 Å². The predicted molar refractivity (Wildman–Crippen MR) is 131 cm³/mol. The summed E-state index contributed by atoms with van der Waals surface area (Å²) in [4.78, 5) is 12.9. The average molecular weight is 456 g/mol. The van der Waals surface area contributed by atoms with Crippen LogP contribution in [0.2, 0.25) is 0 Å². The highest BCUT2D eigenvalue weighted by Crippen LogP contribution is 2.76. The molecule has 5 aliphatic carbocycles. The number of amides is 1. The first-order valence-corrected chi connectivity index (χ1v) is 13.4. The fourth-order valence-electron chi connectivity index (χ4n) is 11.1. The Morgan fingerprint density at radius 2 is 1.70 bits per heavy atom. The van der Waals surface area contributed by atoms with Crippen LogP contribution >= 0.6 is 0 Å². The third-order valence-corrected chi connectivity index (χ3v) is 12.8. The van der Waals surface area contributed by atoms with Gasteiger partial charge in [-0.3, -0.25) is 10.0 Å². The molecule has 5 rings (SSSR count). The van der Waals surface area contributed by atoms with Gasteiger partial charge in [0.25, 0.3) is 0 Å². The van der Waals surface area contributed by atoms with Gasteiger partial charge in [0.1, 0.15) is 0 Å². The monoisotopic (exact) mass is 455 g/mol. The summed E-state index contributed by atoms with van der Waals surface area (Å²) in [6.07, 6.45) is 12.4. The number of carbonyl (C=O) groups excluding carboxylic acids is 1. The summed E-state index contributed by atoms with van der Waals surface area (Å²) in [6, 6.07) is 0. The molecule has 8 atom stereocenters.